The van der Waals surface area contributed by atoms with E-state index in [2.05, 4.69) is 4.99 Å². The van der Waals surface area contributed by atoms with Gasteiger partial charge in [-0.15, -0.1) is 0 Å². The Morgan fingerprint density at radius 3 is 2.74 bits per heavy atom. The molecule has 0 saturated heterocycles. The van der Waals surface area contributed by atoms with E-state index in [1.807, 2.05) is 0 Å². The fraction of sp³-hybridized carbons (Fsp3) is 0.154. The predicted octanol–water partition coefficient (Wildman–Crippen LogP) is 1.63. The molecular weight excluding hydrogens is 250 g/mol. The molecule has 0 amide bonds. The van der Waals surface area contributed by atoms with E-state index in [0.717, 1.165) is 0 Å². The number of hydrogen-bond acceptors (Lipinski definition) is 6. The summed E-state index contributed by atoms with van der Waals surface area (Å²) >= 11 is 0. The Kier molecular flexibility index (Phi) is 3.33. The van der Waals surface area contributed by atoms with Gasteiger partial charge in [-0.2, -0.15) is 0 Å². The fourth-order valence-electron chi connectivity index (χ4n) is 1.54. The van der Waals surface area contributed by atoms with Crippen molar-refractivity contribution in [3.05, 3.63) is 29.5 Å². The van der Waals surface area contributed by atoms with Gasteiger partial charge in [-0.3, -0.25) is 4.79 Å². The largest absolute Gasteiger partial charge is 0.507 e. The van der Waals surface area contributed by atoms with E-state index in [1.165, 1.54) is 31.2 Å². The minimum atomic E-state index is -0.569. The van der Waals surface area contributed by atoms with Crippen molar-refractivity contribution in [2.75, 3.05) is 0 Å². The number of ether oxygens (including phenoxy) is 2. The summed E-state index contributed by atoms with van der Waals surface area (Å²) in [5, 5.41) is 9.78. The molecule has 0 radical (unpaired) electrons. The zero-order valence-corrected chi connectivity index (χ0v) is 10.3. The second-order valence-corrected chi connectivity index (χ2v) is 3.86. The summed E-state index contributed by atoms with van der Waals surface area (Å²) in [5.74, 6) is -0.696. The topological polar surface area (TPSA) is 85.2 Å². The summed E-state index contributed by atoms with van der Waals surface area (Å²) in [7, 11) is 0. The average Bonchev–Trinajstić information content (AvgIpc) is 2.60. The molecule has 1 aliphatic heterocycles. The van der Waals surface area contributed by atoms with Crippen molar-refractivity contribution in [1.82, 2.24) is 0 Å². The molecule has 0 unspecified atom stereocenters. The SMILES string of the molecule is CC(=O)Oc1ccc(C=C2N=C(C)OC2=O)c(O)c1. The molecule has 0 aliphatic carbocycles. The fourth-order valence-corrected chi connectivity index (χ4v) is 1.54. The molecule has 1 N–H and O–H groups in total. The highest BCUT2D eigenvalue weighted by Gasteiger charge is 2.20. The first-order valence-electron chi connectivity index (χ1n) is 5.46. The molecule has 98 valence electrons. The Bertz CT molecular complexity index is 615. The number of hydrogen-bond donors (Lipinski definition) is 1. The van der Waals surface area contributed by atoms with Crippen molar-refractivity contribution in [2.24, 2.45) is 4.99 Å². The number of esters is 2. The van der Waals surface area contributed by atoms with Gasteiger partial charge in [-0.25, -0.2) is 9.79 Å². The standard InChI is InChI=1S/C13H11NO5/c1-7-14-11(13(17)18-7)5-9-3-4-10(6-12(9)16)19-8(2)15/h3-6,16H,1-2H3. The molecular formula is C13H11NO5. The Morgan fingerprint density at radius 2 is 2.21 bits per heavy atom. The van der Waals surface area contributed by atoms with E-state index in [9.17, 15) is 14.7 Å². The molecule has 0 spiro atoms. The lowest BCUT2D eigenvalue weighted by molar-refractivity contribution is -0.132. The van der Waals surface area contributed by atoms with Gasteiger partial charge in [-0.1, -0.05) is 0 Å². The van der Waals surface area contributed by atoms with Crippen LogP contribution in [0.5, 0.6) is 11.5 Å². The number of aromatic hydroxyl groups is 1. The molecule has 0 fully saturated rings. The van der Waals surface area contributed by atoms with Gasteiger partial charge < -0.3 is 14.6 Å². The molecule has 6 nitrogen and oxygen atoms in total. The quantitative estimate of drug-likeness (QED) is 0.497. The van der Waals surface area contributed by atoms with Gasteiger partial charge in [0.1, 0.15) is 11.5 Å². The second kappa shape index (κ2) is 4.93. The highest BCUT2D eigenvalue weighted by atomic mass is 16.6. The third-order valence-corrected chi connectivity index (χ3v) is 2.28. The molecule has 0 saturated carbocycles. The van der Waals surface area contributed by atoms with E-state index in [4.69, 9.17) is 9.47 Å². The minimum absolute atomic E-state index is 0.105. The highest BCUT2D eigenvalue weighted by molar-refractivity contribution is 6.06. The van der Waals surface area contributed by atoms with Crippen LogP contribution in [0, 0.1) is 0 Å². The summed E-state index contributed by atoms with van der Waals surface area (Å²) in [4.78, 5) is 26.0. The third kappa shape index (κ3) is 2.98. The minimum Gasteiger partial charge on any atom is -0.507 e. The lowest BCUT2D eigenvalue weighted by Gasteiger charge is -2.04. The number of phenols is 1. The lowest BCUT2D eigenvalue weighted by Crippen LogP contribution is -2.01. The monoisotopic (exact) mass is 261 g/mol. The number of cyclic esters (lactones) is 1. The van der Waals surface area contributed by atoms with Crippen LogP contribution in [0.4, 0.5) is 0 Å². The van der Waals surface area contributed by atoms with Crippen molar-refractivity contribution in [3.63, 3.8) is 0 Å². The summed E-state index contributed by atoms with van der Waals surface area (Å²) in [6.45, 7) is 2.82. The van der Waals surface area contributed by atoms with Gasteiger partial charge in [0.25, 0.3) is 0 Å². The van der Waals surface area contributed by atoms with Crippen molar-refractivity contribution < 1.29 is 24.2 Å². The normalized spacial score (nSPS) is 16.2. The van der Waals surface area contributed by atoms with E-state index < -0.39 is 11.9 Å². The first-order chi connectivity index (χ1) is 8.95. The van der Waals surface area contributed by atoms with Crippen molar-refractivity contribution in [2.45, 2.75) is 13.8 Å². The zero-order chi connectivity index (χ0) is 14.0. The number of carbonyl (C=O) groups is 2. The third-order valence-electron chi connectivity index (χ3n) is 2.28. The maximum absolute atomic E-state index is 11.4. The molecule has 1 heterocycles. The Hall–Kier alpha value is -2.63. The molecule has 0 atom stereocenters. The molecule has 2 rings (SSSR count). The van der Waals surface area contributed by atoms with Crippen LogP contribution in [0.1, 0.15) is 19.4 Å². The summed E-state index contributed by atoms with van der Waals surface area (Å²) in [6.07, 6.45) is 1.39. The molecule has 0 aromatic heterocycles. The predicted molar refractivity (Wildman–Crippen MR) is 66.6 cm³/mol. The smallest absolute Gasteiger partial charge is 0.363 e. The highest BCUT2D eigenvalue weighted by Crippen LogP contribution is 2.27. The van der Waals surface area contributed by atoms with E-state index in [-0.39, 0.29) is 23.1 Å². The number of rotatable bonds is 2. The van der Waals surface area contributed by atoms with Gasteiger partial charge in [-0.05, 0) is 18.2 Å². The van der Waals surface area contributed by atoms with Crippen molar-refractivity contribution in [3.8, 4) is 11.5 Å². The van der Waals surface area contributed by atoms with Crippen LogP contribution in [0.25, 0.3) is 6.08 Å². The molecule has 1 aliphatic rings. The van der Waals surface area contributed by atoms with Crippen LogP contribution in [0.15, 0.2) is 28.9 Å². The van der Waals surface area contributed by atoms with Crippen LogP contribution in [-0.2, 0) is 14.3 Å². The van der Waals surface area contributed by atoms with E-state index in [0.29, 0.717) is 5.56 Å². The van der Waals surface area contributed by atoms with Crippen LogP contribution >= 0.6 is 0 Å². The Balaban J connectivity index is 2.29. The maximum Gasteiger partial charge on any atom is 0.363 e. The summed E-state index contributed by atoms with van der Waals surface area (Å²) < 4.78 is 9.57. The van der Waals surface area contributed by atoms with Crippen LogP contribution < -0.4 is 4.74 Å². The van der Waals surface area contributed by atoms with Crippen LogP contribution in [-0.4, -0.2) is 22.9 Å². The van der Waals surface area contributed by atoms with Gasteiger partial charge >= 0.3 is 11.9 Å². The molecule has 1 aromatic rings. The molecule has 0 bridgehead atoms. The first kappa shape index (κ1) is 12.8. The second-order valence-electron chi connectivity index (χ2n) is 3.86. The zero-order valence-electron chi connectivity index (χ0n) is 10.3. The number of carbonyl (C=O) groups excluding carboxylic acids is 2. The van der Waals surface area contributed by atoms with Gasteiger partial charge in [0.2, 0.25) is 0 Å². The van der Waals surface area contributed by atoms with Gasteiger partial charge in [0, 0.05) is 25.5 Å². The number of benzene rings is 1. The number of nitrogens with zero attached hydrogens (tertiary/aromatic N) is 1. The van der Waals surface area contributed by atoms with E-state index >= 15 is 0 Å². The van der Waals surface area contributed by atoms with Gasteiger partial charge in [0.05, 0.1) is 0 Å². The van der Waals surface area contributed by atoms with E-state index in [1.54, 1.807) is 6.92 Å². The number of aliphatic imine (C=N–C) groups is 1. The van der Waals surface area contributed by atoms with Gasteiger partial charge in [0.15, 0.2) is 11.6 Å². The Morgan fingerprint density at radius 1 is 1.47 bits per heavy atom. The van der Waals surface area contributed by atoms with Crippen LogP contribution in [0.3, 0.4) is 0 Å². The average molecular weight is 261 g/mol. The lowest BCUT2D eigenvalue weighted by atomic mass is 10.1. The van der Waals surface area contributed by atoms with Crippen molar-refractivity contribution in [1.29, 1.82) is 0 Å². The van der Waals surface area contributed by atoms with Crippen molar-refractivity contribution >= 4 is 23.9 Å². The summed E-state index contributed by atoms with van der Waals surface area (Å²) in [5.41, 5.74) is 0.481. The number of phenolic OH excluding ortho intramolecular Hbond substituents is 1. The maximum atomic E-state index is 11.4. The molecule has 19 heavy (non-hydrogen) atoms. The Labute approximate surface area is 109 Å². The molecule has 6 heteroatoms. The van der Waals surface area contributed by atoms with Crippen LogP contribution in [0.2, 0.25) is 0 Å². The molecule has 1 aromatic carbocycles. The first-order valence-corrected chi connectivity index (χ1v) is 5.46. The summed E-state index contributed by atoms with van der Waals surface area (Å²) in [6, 6.07) is 4.30.